The molecule has 1 aromatic heterocycles. The van der Waals surface area contributed by atoms with E-state index in [2.05, 4.69) is 40.2 Å². The molecule has 0 aliphatic rings. The molecular formula is C12H21BrClN3. The van der Waals surface area contributed by atoms with E-state index < -0.39 is 0 Å². The van der Waals surface area contributed by atoms with Crippen LogP contribution in [-0.4, -0.2) is 22.2 Å². The molecule has 0 saturated carbocycles. The molecule has 0 aliphatic carbocycles. The summed E-state index contributed by atoms with van der Waals surface area (Å²) >= 11 is 9.31. The van der Waals surface area contributed by atoms with Crippen LogP contribution in [0.5, 0.6) is 0 Å². The first-order chi connectivity index (χ1) is 8.10. The van der Waals surface area contributed by atoms with Crippen LogP contribution in [0, 0.1) is 12.8 Å². The molecule has 1 atom stereocenters. The monoisotopic (exact) mass is 321 g/mol. The second-order valence-corrected chi connectivity index (χ2v) is 5.55. The molecule has 0 spiro atoms. The Balaban J connectivity index is 2.51. The third kappa shape index (κ3) is 4.27. The maximum absolute atomic E-state index is 5.72. The van der Waals surface area contributed by atoms with Crippen molar-refractivity contribution in [2.45, 2.75) is 40.3 Å². The first kappa shape index (κ1) is 15.0. The highest BCUT2D eigenvalue weighted by atomic mass is 79.9. The van der Waals surface area contributed by atoms with E-state index in [0.29, 0.717) is 5.92 Å². The summed E-state index contributed by atoms with van der Waals surface area (Å²) in [6, 6.07) is 0. The Bertz CT molecular complexity index is 352. The summed E-state index contributed by atoms with van der Waals surface area (Å²) in [7, 11) is 0. The van der Waals surface area contributed by atoms with Crippen LogP contribution in [0.1, 0.15) is 31.7 Å². The summed E-state index contributed by atoms with van der Waals surface area (Å²) in [6.45, 7) is 9.09. The third-order valence-electron chi connectivity index (χ3n) is 2.84. The molecule has 17 heavy (non-hydrogen) atoms. The second-order valence-electron chi connectivity index (χ2n) is 4.38. The fraction of sp³-hybridized carbons (Fsp3) is 0.750. The van der Waals surface area contributed by atoms with E-state index in [4.69, 9.17) is 11.6 Å². The predicted octanol–water partition coefficient (Wildman–Crippen LogP) is 3.33. The average molecular weight is 323 g/mol. The maximum Gasteiger partial charge on any atom is 0.0739 e. The Labute approximate surface area is 117 Å². The largest absolute Gasteiger partial charge is 0.311 e. The zero-order valence-corrected chi connectivity index (χ0v) is 13.1. The molecule has 1 heterocycles. The Morgan fingerprint density at radius 1 is 1.53 bits per heavy atom. The van der Waals surface area contributed by atoms with Gasteiger partial charge in [0.1, 0.15) is 0 Å². The molecule has 0 bridgehead atoms. The van der Waals surface area contributed by atoms with Gasteiger partial charge in [0.25, 0.3) is 0 Å². The van der Waals surface area contributed by atoms with Gasteiger partial charge in [0.05, 0.1) is 15.9 Å². The quantitative estimate of drug-likeness (QED) is 0.780. The second kappa shape index (κ2) is 7.39. The van der Waals surface area contributed by atoms with Crippen LogP contribution in [0.3, 0.4) is 0 Å². The van der Waals surface area contributed by atoms with Gasteiger partial charge in [0.15, 0.2) is 0 Å². The summed E-state index contributed by atoms with van der Waals surface area (Å²) in [5.41, 5.74) is 2.28. The van der Waals surface area contributed by atoms with Crippen molar-refractivity contribution in [3.8, 4) is 0 Å². The van der Waals surface area contributed by atoms with E-state index in [-0.39, 0.29) is 0 Å². The Morgan fingerprint density at radius 2 is 2.24 bits per heavy atom. The zero-order chi connectivity index (χ0) is 12.8. The summed E-state index contributed by atoms with van der Waals surface area (Å²) in [5.74, 6) is 1.35. The van der Waals surface area contributed by atoms with Crippen LogP contribution < -0.4 is 5.32 Å². The minimum atomic E-state index is 0.616. The number of nitrogens with one attached hydrogen (secondary N) is 1. The van der Waals surface area contributed by atoms with Gasteiger partial charge in [-0.05, 0) is 48.7 Å². The average Bonchev–Trinajstić information content (AvgIpc) is 2.57. The topological polar surface area (TPSA) is 29.9 Å². The molecule has 98 valence electrons. The summed E-state index contributed by atoms with van der Waals surface area (Å²) in [4.78, 5) is 0. The maximum atomic E-state index is 5.72. The van der Waals surface area contributed by atoms with Crippen molar-refractivity contribution in [1.82, 2.24) is 15.1 Å². The lowest BCUT2D eigenvalue weighted by molar-refractivity contribution is 0.487. The smallest absolute Gasteiger partial charge is 0.0739 e. The molecule has 0 radical (unpaired) electrons. The van der Waals surface area contributed by atoms with Crippen molar-refractivity contribution in [1.29, 1.82) is 0 Å². The van der Waals surface area contributed by atoms with Crippen molar-refractivity contribution >= 4 is 27.5 Å². The molecule has 0 saturated heterocycles. The van der Waals surface area contributed by atoms with Crippen LogP contribution in [0.4, 0.5) is 0 Å². The molecule has 0 aliphatic heterocycles. The number of nitrogens with zero attached hydrogens (tertiary/aromatic N) is 2. The fourth-order valence-corrected chi connectivity index (χ4v) is 2.56. The first-order valence-corrected chi connectivity index (χ1v) is 7.41. The van der Waals surface area contributed by atoms with Gasteiger partial charge in [-0.25, -0.2) is 0 Å². The highest BCUT2D eigenvalue weighted by molar-refractivity contribution is 9.10. The molecular weight excluding hydrogens is 302 g/mol. The lowest BCUT2D eigenvalue weighted by Gasteiger charge is -2.12. The summed E-state index contributed by atoms with van der Waals surface area (Å²) in [5, 5.41) is 7.94. The van der Waals surface area contributed by atoms with Crippen LogP contribution in [-0.2, 0) is 13.1 Å². The van der Waals surface area contributed by atoms with Gasteiger partial charge in [-0.2, -0.15) is 5.10 Å². The van der Waals surface area contributed by atoms with Gasteiger partial charge < -0.3 is 5.32 Å². The van der Waals surface area contributed by atoms with Gasteiger partial charge in [0, 0.05) is 19.0 Å². The summed E-state index contributed by atoms with van der Waals surface area (Å²) < 4.78 is 3.16. The Kier molecular flexibility index (Phi) is 6.52. The van der Waals surface area contributed by atoms with E-state index in [1.807, 2.05) is 11.6 Å². The molecule has 1 unspecified atom stereocenters. The van der Waals surface area contributed by atoms with Crippen LogP contribution in [0.15, 0.2) is 4.47 Å². The standard InChI is InChI=1S/C12H21BrClN3/c1-4-17-11(12(13)10(3)16-17)8-15-7-9(2)5-6-14/h9,15H,4-8H2,1-3H3. The Hall–Kier alpha value is -0.0600. The van der Waals surface area contributed by atoms with E-state index >= 15 is 0 Å². The lowest BCUT2D eigenvalue weighted by atomic mass is 10.1. The fourth-order valence-electron chi connectivity index (χ4n) is 1.76. The van der Waals surface area contributed by atoms with Crippen molar-refractivity contribution in [2.75, 3.05) is 12.4 Å². The van der Waals surface area contributed by atoms with Crippen molar-refractivity contribution in [3.05, 3.63) is 15.9 Å². The van der Waals surface area contributed by atoms with Gasteiger partial charge in [-0.1, -0.05) is 6.92 Å². The van der Waals surface area contributed by atoms with E-state index in [1.54, 1.807) is 0 Å². The van der Waals surface area contributed by atoms with E-state index in [9.17, 15) is 0 Å². The molecule has 3 nitrogen and oxygen atoms in total. The van der Waals surface area contributed by atoms with Crippen LogP contribution in [0.2, 0.25) is 0 Å². The molecule has 0 fully saturated rings. The molecule has 5 heteroatoms. The minimum absolute atomic E-state index is 0.616. The zero-order valence-electron chi connectivity index (χ0n) is 10.8. The number of alkyl halides is 1. The Morgan fingerprint density at radius 3 is 2.82 bits per heavy atom. The molecule has 1 rings (SSSR count). The molecule has 1 N–H and O–H groups in total. The number of halogens is 2. The van der Waals surface area contributed by atoms with Crippen molar-refractivity contribution in [3.63, 3.8) is 0 Å². The SMILES string of the molecule is CCn1nc(C)c(Br)c1CNCC(C)CCCl. The molecule has 0 amide bonds. The first-order valence-electron chi connectivity index (χ1n) is 6.08. The highest BCUT2D eigenvalue weighted by Gasteiger charge is 2.11. The lowest BCUT2D eigenvalue weighted by Crippen LogP contribution is -2.22. The van der Waals surface area contributed by atoms with E-state index in [0.717, 1.165) is 42.1 Å². The van der Waals surface area contributed by atoms with Gasteiger partial charge in [-0.15, -0.1) is 11.6 Å². The number of aromatic nitrogens is 2. The molecule has 1 aromatic rings. The van der Waals surface area contributed by atoms with Gasteiger partial charge in [-0.3, -0.25) is 4.68 Å². The van der Waals surface area contributed by atoms with Crippen molar-refractivity contribution < 1.29 is 0 Å². The number of hydrogen-bond acceptors (Lipinski definition) is 2. The van der Waals surface area contributed by atoms with Gasteiger partial charge in [0.2, 0.25) is 0 Å². The number of aryl methyl sites for hydroxylation is 2. The molecule has 0 aromatic carbocycles. The highest BCUT2D eigenvalue weighted by Crippen LogP contribution is 2.20. The normalized spacial score (nSPS) is 13.0. The van der Waals surface area contributed by atoms with E-state index in [1.165, 1.54) is 5.69 Å². The van der Waals surface area contributed by atoms with Crippen LogP contribution >= 0.6 is 27.5 Å². The van der Waals surface area contributed by atoms with Crippen molar-refractivity contribution in [2.24, 2.45) is 5.92 Å². The predicted molar refractivity (Wildman–Crippen MR) is 76.5 cm³/mol. The summed E-state index contributed by atoms with van der Waals surface area (Å²) in [6.07, 6.45) is 1.06. The van der Waals surface area contributed by atoms with Crippen LogP contribution in [0.25, 0.3) is 0 Å². The number of rotatable bonds is 7. The minimum Gasteiger partial charge on any atom is -0.311 e. The number of hydrogen-bond donors (Lipinski definition) is 1. The van der Waals surface area contributed by atoms with Gasteiger partial charge >= 0.3 is 0 Å². The third-order valence-corrected chi connectivity index (χ3v) is 4.09.